The van der Waals surface area contributed by atoms with E-state index in [0.29, 0.717) is 24.4 Å². The summed E-state index contributed by atoms with van der Waals surface area (Å²) in [7, 11) is 1.68. The minimum absolute atomic E-state index is 0.0562. The summed E-state index contributed by atoms with van der Waals surface area (Å²) >= 11 is 0. The number of ether oxygens (including phenoxy) is 1. The summed E-state index contributed by atoms with van der Waals surface area (Å²) in [6.07, 6.45) is 0.0562. The predicted molar refractivity (Wildman–Crippen MR) is 96.7 cm³/mol. The fourth-order valence-electron chi connectivity index (χ4n) is 2.97. The van der Waals surface area contributed by atoms with Gasteiger partial charge in [-0.2, -0.15) is 0 Å². The molecule has 0 radical (unpaired) electrons. The molecule has 5 nitrogen and oxygen atoms in total. The van der Waals surface area contributed by atoms with Crippen molar-refractivity contribution in [2.24, 2.45) is 0 Å². The van der Waals surface area contributed by atoms with Crippen LogP contribution in [0, 0.1) is 12.7 Å². The first-order valence-electron chi connectivity index (χ1n) is 8.48. The van der Waals surface area contributed by atoms with Crippen molar-refractivity contribution >= 4 is 17.5 Å². The molecule has 2 aromatic carbocycles. The summed E-state index contributed by atoms with van der Waals surface area (Å²) in [6.45, 7) is 2.74. The third-order valence-electron chi connectivity index (χ3n) is 4.45. The Morgan fingerprint density at radius 3 is 2.73 bits per heavy atom. The van der Waals surface area contributed by atoms with Crippen LogP contribution in [0.15, 0.2) is 42.5 Å². The monoisotopic (exact) mass is 356 g/mol. The van der Waals surface area contributed by atoms with Gasteiger partial charge in [0.05, 0.1) is 12.5 Å². The Hall–Kier alpha value is -2.89. The third-order valence-corrected chi connectivity index (χ3v) is 4.45. The number of hydrogen-bond acceptors (Lipinski definition) is 3. The second-order valence-corrected chi connectivity index (χ2v) is 6.46. The van der Waals surface area contributed by atoms with Crippen LogP contribution in [0.2, 0.25) is 0 Å². The number of likely N-dealkylation sites (N-methyl/N-ethyl adjacent to an activating group) is 1. The third kappa shape index (κ3) is 4.02. The molecular weight excluding hydrogens is 335 g/mol. The molecule has 2 aromatic rings. The summed E-state index contributed by atoms with van der Waals surface area (Å²) < 4.78 is 19.1. The van der Waals surface area contributed by atoms with Gasteiger partial charge in [0.25, 0.3) is 0 Å². The molecule has 1 heterocycles. The Labute approximate surface area is 151 Å². The van der Waals surface area contributed by atoms with Gasteiger partial charge in [-0.05, 0) is 36.8 Å². The highest BCUT2D eigenvalue weighted by molar-refractivity contribution is 6.01. The normalized spacial score (nSPS) is 15.8. The minimum Gasteiger partial charge on any atom is -0.492 e. The van der Waals surface area contributed by atoms with E-state index < -0.39 is 11.7 Å². The van der Waals surface area contributed by atoms with Crippen LogP contribution < -0.4 is 10.1 Å². The van der Waals surface area contributed by atoms with E-state index in [9.17, 15) is 14.0 Å². The van der Waals surface area contributed by atoms with Crippen LogP contribution in [0.4, 0.5) is 10.1 Å². The number of rotatable bonds is 5. The summed E-state index contributed by atoms with van der Waals surface area (Å²) in [6, 6.07) is 11.8. The molecule has 0 saturated heterocycles. The van der Waals surface area contributed by atoms with Crippen LogP contribution in [-0.2, 0) is 9.59 Å². The Balaban J connectivity index is 1.63. The van der Waals surface area contributed by atoms with E-state index in [0.717, 1.165) is 11.3 Å². The molecule has 1 aliphatic rings. The molecule has 0 aliphatic carbocycles. The van der Waals surface area contributed by atoms with Crippen molar-refractivity contribution in [3.63, 3.8) is 0 Å². The van der Waals surface area contributed by atoms with E-state index in [4.69, 9.17) is 4.74 Å². The van der Waals surface area contributed by atoms with E-state index in [-0.39, 0.29) is 18.2 Å². The maximum Gasteiger partial charge on any atom is 0.230 e. The standard InChI is InChI=1S/C20H21FN2O3/c1-13-3-6-15(7-4-13)26-10-9-23(2)20(25)17-12-19(24)22-18-11-14(21)5-8-16(17)18/h3-8,11,17H,9-10,12H2,1-2H3,(H,22,24). The van der Waals surface area contributed by atoms with Gasteiger partial charge in [0.2, 0.25) is 11.8 Å². The maximum absolute atomic E-state index is 13.4. The Kier molecular flexibility index (Phi) is 5.21. The van der Waals surface area contributed by atoms with Crippen LogP contribution >= 0.6 is 0 Å². The van der Waals surface area contributed by atoms with Gasteiger partial charge in [0.15, 0.2) is 0 Å². The number of anilines is 1. The van der Waals surface area contributed by atoms with Gasteiger partial charge < -0.3 is 15.0 Å². The van der Waals surface area contributed by atoms with Gasteiger partial charge in [-0.25, -0.2) is 4.39 Å². The van der Waals surface area contributed by atoms with Gasteiger partial charge in [-0.3, -0.25) is 9.59 Å². The van der Waals surface area contributed by atoms with E-state index in [1.807, 2.05) is 31.2 Å². The van der Waals surface area contributed by atoms with Gasteiger partial charge in [-0.1, -0.05) is 23.8 Å². The average molecular weight is 356 g/mol. The highest BCUT2D eigenvalue weighted by Gasteiger charge is 2.32. The van der Waals surface area contributed by atoms with Crippen molar-refractivity contribution in [2.75, 3.05) is 25.5 Å². The number of amides is 2. The molecule has 1 aliphatic heterocycles. The first kappa shape index (κ1) is 17.9. The van der Waals surface area contributed by atoms with Crippen LogP contribution in [-0.4, -0.2) is 36.9 Å². The van der Waals surface area contributed by atoms with Gasteiger partial charge in [0.1, 0.15) is 18.2 Å². The zero-order valence-corrected chi connectivity index (χ0v) is 14.8. The molecule has 2 amide bonds. The molecule has 0 fully saturated rings. The molecule has 6 heteroatoms. The predicted octanol–water partition coefficient (Wildman–Crippen LogP) is 3.10. The van der Waals surface area contributed by atoms with Crippen molar-refractivity contribution < 1.29 is 18.7 Å². The topological polar surface area (TPSA) is 58.6 Å². The Bertz CT molecular complexity index is 820. The Morgan fingerprint density at radius 2 is 2.00 bits per heavy atom. The smallest absolute Gasteiger partial charge is 0.230 e. The van der Waals surface area contributed by atoms with E-state index >= 15 is 0 Å². The van der Waals surface area contributed by atoms with Crippen molar-refractivity contribution in [3.05, 3.63) is 59.4 Å². The second kappa shape index (κ2) is 7.56. The van der Waals surface area contributed by atoms with E-state index in [1.54, 1.807) is 18.0 Å². The molecule has 0 saturated carbocycles. The fraction of sp³-hybridized carbons (Fsp3) is 0.300. The molecular formula is C20H21FN2O3. The number of benzene rings is 2. The maximum atomic E-state index is 13.4. The zero-order valence-electron chi connectivity index (χ0n) is 14.8. The molecule has 0 aromatic heterocycles. The highest BCUT2D eigenvalue weighted by Crippen LogP contribution is 2.33. The number of nitrogens with one attached hydrogen (secondary N) is 1. The lowest BCUT2D eigenvalue weighted by atomic mass is 9.89. The molecule has 136 valence electrons. The molecule has 3 rings (SSSR count). The number of aryl methyl sites for hydroxylation is 1. The van der Waals surface area contributed by atoms with Crippen molar-refractivity contribution in [2.45, 2.75) is 19.3 Å². The fourth-order valence-corrected chi connectivity index (χ4v) is 2.97. The van der Waals surface area contributed by atoms with Crippen LogP contribution in [0.1, 0.15) is 23.5 Å². The van der Waals surface area contributed by atoms with Crippen LogP contribution in [0.25, 0.3) is 0 Å². The summed E-state index contributed by atoms with van der Waals surface area (Å²) in [5.41, 5.74) is 2.15. The minimum atomic E-state index is -0.608. The zero-order chi connectivity index (χ0) is 18.7. The number of carbonyl (C=O) groups excluding carboxylic acids is 2. The number of nitrogens with zero attached hydrogens (tertiary/aromatic N) is 1. The van der Waals surface area contributed by atoms with E-state index in [1.165, 1.54) is 12.1 Å². The summed E-state index contributed by atoms with van der Waals surface area (Å²) in [5, 5.41) is 2.62. The molecule has 26 heavy (non-hydrogen) atoms. The lowest BCUT2D eigenvalue weighted by molar-refractivity contribution is -0.134. The molecule has 1 unspecified atom stereocenters. The van der Waals surface area contributed by atoms with Crippen molar-refractivity contribution in [3.8, 4) is 5.75 Å². The first-order chi connectivity index (χ1) is 12.4. The lowest BCUT2D eigenvalue weighted by Crippen LogP contribution is -2.38. The van der Waals surface area contributed by atoms with Gasteiger partial charge in [-0.15, -0.1) is 0 Å². The SMILES string of the molecule is Cc1ccc(OCCN(C)C(=O)C2CC(=O)Nc3cc(F)ccc32)cc1. The van der Waals surface area contributed by atoms with E-state index in [2.05, 4.69) is 5.32 Å². The number of hydrogen-bond donors (Lipinski definition) is 1. The van der Waals surface area contributed by atoms with Crippen molar-refractivity contribution in [1.29, 1.82) is 0 Å². The molecule has 1 atom stereocenters. The van der Waals surface area contributed by atoms with Gasteiger partial charge in [0, 0.05) is 19.2 Å². The highest BCUT2D eigenvalue weighted by atomic mass is 19.1. The summed E-state index contributed by atoms with van der Waals surface area (Å²) in [4.78, 5) is 26.2. The summed E-state index contributed by atoms with van der Waals surface area (Å²) in [5.74, 6) is -0.777. The quantitative estimate of drug-likeness (QED) is 0.896. The molecule has 0 bridgehead atoms. The lowest BCUT2D eigenvalue weighted by Gasteiger charge is -2.28. The molecule has 0 spiro atoms. The second-order valence-electron chi connectivity index (χ2n) is 6.46. The first-order valence-corrected chi connectivity index (χ1v) is 8.48. The van der Waals surface area contributed by atoms with Crippen LogP contribution in [0.5, 0.6) is 5.75 Å². The van der Waals surface area contributed by atoms with Crippen LogP contribution in [0.3, 0.4) is 0 Å². The largest absolute Gasteiger partial charge is 0.492 e. The van der Waals surface area contributed by atoms with Gasteiger partial charge >= 0.3 is 0 Å². The number of fused-ring (bicyclic) bond motifs is 1. The number of carbonyl (C=O) groups is 2. The molecule has 1 N–H and O–H groups in total. The number of halogens is 1. The average Bonchev–Trinajstić information content (AvgIpc) is 2.61. The van der Waals surface area contributed by atoms with Crippen molar-refractivity contribution in [1.82, 2.24) is 4.90 Å². The Morgan fingerprint density at radius 1 is 1.27 bits per heavy atom.